The minimum absolute atomic E-state index is 0.0898. The van der Waals surface area contributed by atoms with Crippen LogP contribution in [0.5, 0.6) is 0 Å². The zero-order valence-corrected chi connectivity index (χ0v) is 10.9. The number of benzene rings is 1. The number of hydrogen-bond acceptors (Lipinski definition) is 4. The van der Waals surface area contributed by atoms with E-state index < -0.39 is 0 Å². The van der Waals surface area contributed by atoms with Gasteiger partial charge in [0.2, 0.25) is 5.89 Å². The lowest BCUT2D eigenvalue weighted by Gasteiger charge is -2.12. The van der Waals surface area contributed by atoms with Crippen LogP contribution in [0.2, 0.25) is 0 Å². The molecule has 96 valence electrons. The summed E-state index contributed by atoms with van der Waals surface area (Å²) in [5.41, 5.74) is 1.06. The van der Waals surface area contributed by atoms with Crippen LogP contribution >= 0.6 is 0 Å². The average Bonchev–Trinajstić information content (AvgIpc) is 2.89. The van der Waals surface area contributed by atoms with Crippen LogP contribution in [0.25, 0.3) is 0 Å². The Kier molecular flexibility index (Phi) is 4.12. The predicted octanol–water partition coefficient (Wildman–Crippen LogP) is 2.69. The third kappa shape index (κ3) is 2.60. The van der Waals surface area contributed by atoms with Gasteiger partial charge < -0.3 is 14.5 Å². The van der Waals surface area contributed by atoms with E-state index >= 15 is 0 Å². The van der Waals surface area contributed by atoms with E-state index in [0.717, 1.165) is 11.3 Å². The molecule has 18 heavy (non-hydrogen) atoms. The molecule has 1 aromatic heterocycles. The maximum absolute atomic E-state index is 5.75. The Morgan fingerprint density at radius 3 is 2.61 bits per heavy atom. The summed E-state index contributed by atoms with van der Waals surface area (Å²) >= 11 is 0. The molecule has 1 heterocycles. The van der Waals surface area contributed by atoms with E-state index in [0.29, 0.717) is 5.89 Å². The van der Waals surface area contributed by atoms with Crippen LogP contribution in [0, 0.1) is 0 Å². The van der Waals surface area contributed by atoms with Crippen LogP contribution in [0.15, 0.2) is 40.9 Å². The number of oxazole rings is 1. The third-order valence-corrected chi connectivity index (χ3v) is 2.94. The number of rotatable bonds is 5. The van der Waals surface area contributed by atoms with E-state index in [4.69, 9.17) is 9.15 Å². The average molecular weight is 246 g/mol. The topological polar surface area (TPSA) is 47.3 Å². The van der Waals surface area contributed by atoms with E-state index in [-0.39, 0.29) is 12.1 Å². The maximum atomic E-state index is 5.75. The Labute approximate surface area is 107 Å². The molecule has 2 atom stereocenters. The normalized spacial score (nSPS) is 14.4. The van der Waals surface area contributed by atoms with Crippen molar-refractivity contribution >= 4 is 0 Å². The minimum atomic E-state index is -0.212. The molecular weight excluding hydrogens is 228 g/mol. The van der Waals surface area contributed by atoms with Crippen LogP contribution < -0.4 is 5.32 Å². The third-order valence-electron chi connectivity index (χ3n) is 2.94. The number of hydrogen-bond donors (Lipinski definition) is 1. The molecule has 0 saturated heterocycles. The molecular formula is C14H18N2O2. The molecule has 2 rings (SSSR count). The summed E-state index contributed by atoms with van der Waals surface area (Å²) in [6.07, 6.45) is 1.51. The second-order valence-corrected chi connectivity index (χ2v) is 4.14. The zero-order valence-electron chi connectivity index (χ0n) is 10.9. The first kappa shape index (κ1) is 12.8. The van der Waals surface area contributed by atoms with Gasteiger partial charge in [0.15, 0.2) is 5.76 Å². The molecule has 1 N–H and O–H groups in total. The molecule has 2 unspecified atom stereocenters. The first-order chi connectivity index (χ1) is 8.76. The number of aromatic nitrogens is 1. The largest absolute Gasteiger partial charge is 0.441 e. The summed E-state index contributed by atoms with van der Waals surface area (Å²) in [6, 6.07) is 10.1. The fourth-order valence-corrected chi connectivity index (χ4v) is 1.79. The first-order valence-corrected chi connectivity index (χ1v) is 5.97. The van der Waals surface area contributed by atoms with Crippen molar-refractivity contribution in [3.8, 4) is 0 Å². The van der Waals surface area contributed by atoms with Gasteiger partial charge >= 0.3 is 0 Å². The van der Waals surface area contributed by atoms with Gasteiger partial charge in [0.1, 0.15) is 6.10 Å². The van der Waals surface area contributed by atoms with E-state index in [1.54, 1.807) is 13.3 Å². The summed E-state index contributed by atoms with van der Waals surface area (Å²) < 4.78 is 11.2. The van der Waals surface area contributed by atoms with Crippen LogP contribution in [-0.2, 0) is 4.74 Å². The lowest BCUT2D eigenvalue weighted by molar-refractivity contribution is 0.114. The summed E-state index contributed by atoms with van der Waals surface area (Å²) in [4.78, 5) is 4.27. The van der Waals surface area contributed by atoms with Crippen LogP contribution in [0.4, 0.5) is 0 Å². The van der Waals surface area contributed by atoms with Gasteiger partial charge in [-0.25, -0.2) is 4.98 Å². The molecule has 0 saturated carbocycles. The fourth-order valence-electron chi connectivity index (χ4n) is 1.79. The van der Waals surface area contributed by atoms with Gasteiger partial charge in [-0.15, -0.1) is 0 Å². The highest BCUT2D eigenvalue weighted by molar-refractivity contribution is 5.23. The van der Waals surface area contributed by atoms with Crippen LogP contribution in [0.1, 0.15) is 36.3 Å². The van der Waals surface area contributed by atoms with E-state index in [2.05, 4.69) is 10.3 Å². The van der Waals surface area contributed by atoms with Crippen molar-refractivity contribution < 1.29 is 9.15 Å². The second kappa shape index (κ2) is 5.80. The SMILES string of the molecule is CNC(C)c1ncc(C(OC)c2ccccc2)o1. The molecule has 0 aliphatic heterocycles. The Morgan fingerprint density at radius 2 is 2.00 bits per heavy atom. The maximum Gasteiger partial charge on any atom is 0.211 e. The molecule has 4 nitrogen and oxygen atoms in total. The van der Waals surface area contributed by atoms with Gasteiger partial charge in [-0.05, 0) is 19.5 Å². The van der Waals surface area contributed by atoms with Gasteiger partial charge in [0.05, 0.1) is 12.2 Å². The quantitative estimate of drug-likeness (QED) is 0.881. The van der Waals surface area contributed by atoms with Crippen molar-refractivity contribution in [3.05, 3.63) is 53.7 Å². The lowest BCUT2D eigenvalue weighted by Crippen LogP contribution is -2.12. The van der Waals surface area contributed by atoms with Crippen molar-refractivity contribution in [1.82, 2.24) is 10.3 Å². The van der Waals surface area contributed by atoms with Gasteiger partial charge in [-0.3, -0.25) is 0 Å². The predicted molar refractivity (Wildman–Crippen MR) is 69.3 cm³/mol. The minimum Gasteiger partial charge on any atom is -0.441 e. The zero-order chi connectivity index (χ0) is 13.0. The Balaban J connectivity index is 2.26. The summed E-state index contributed by atoms with van der Waals surface area (Å²) in [6.45, 7) is 2.00. The Bertz CT molecular complexity index is 482. The van der Waals surface area contributed by atoms with Gasteiger partial charge in [0, 0.05) is 7.11 Å². The molecule has 0 spiro atoms. The van der Waals surface area contributed by atoms with E-state index in [9.17, 15) is 0 Å². The van der Waals surface area contributed by atoms with Crippen molar-refractivity contribution in [1.29, 1.82) is 0 Å². The summed E-state index contributed by atoms with van der Waals surface area (Å²) in [5.74, 6) is 1.39. The van der Waals surface area contributed by atoms with Crippen molar-refractivity contribution in [2.45, 2.75) is 19.1 Å². The van der Waals surface area contributed by atoms with Gasteiger partial charge in [0.25, 0.3) is 0 Å². The molecule has 2 aromatic rings. The molecule has 0 bridgehead atoms. The van der Waals surface area contributed by atoms with Crippen molar-refractivity contribution in [2.75, 3.05) is 14.2 Å². The van der Waals surface area contributed by atoms with Gasteiger partial charge in [-0.2, -0.15) is 0 Å². The Morgan fingerprint density at radius 1 is 1.28 bits per heavy atom. The summed E-state index contributed by atoms with van der Waals surface area (Å²) in [7, 11) is 3.54. The molecule has 0 aliphatic carbocycles. The highest BCUT2D eigenvalue weighted by Crippen LogP contribution is 2.26. The monoisotopic (exact) mass is 246 g/mol. The van der Waals surface area contributed by atoms with Crippen molar-refractivity contribution in [2.24, 2.45) is 0 Å². The van der Waals surface area contributed by atoms with Crippen LogP contribution in [0.3, 0.4) is 0 Å². The number of nitrogens with one attached hydrogen (secondary N) is 1. The highest BCUT2D eigenvalue weighted by atomic mass is 16.5. The van der Waals surface area contributed by atoms with E-state index in [1.165, 1.54) is 0 Å². The van der Waals surface area contributed by atoms with Gasteiger partial charge in [-0.1, -0.05) is 30.3 Å². The lowest BCUT2D eigenvalue weighted by atomic mass is 10.1. The Hall–Kier alpha value is -1.65. The smallest absolute Gasteiger partial charge is 0.211 e. The number of nitrogens with zero attached hydrogens (tertiary/aromatic N) is 1. The first-order valence-electron chi connectivity index (χ1n) is 5.97. The van der Waals surface area contributed by atoms with Crippen LogP contribution in [-0.4, -0.2) is 19.1 Å². The molecule has 0 radical (unpaired) electrons. The number of methoxy groups -OCH3 is 1. The molecule has 0 amide bonds. The van der Waals surface area contributed by atoms with E-state index in [1.807, 2.05) is 44.3 Å². The summed E-state index contributed by atoms with van der Waals surface area (Å²) in [5, 5.41) is 3.09. The fraction of sp³-hybridized carbons (Fsp3) is 0.357. The molecule has 0 fully saturated rings. The van der Waals surface area contributed by atoms with Crippen molar-refractivity contribution in [3.63, 3.8) is 0 Å². The molecule has 0 aliphatic rings. The molecule has 4 heteroatoms. The molecule has 1 aromatic carbocycles. The second-order valence-electron chi connectivity index (χ2n) is 4.14. The number of ether oxygens (including phenoxy) is 1. The highest BCUT2D eigenvalue weighted by Gasteiger charge is 2.19. The standard InChI is InChI=1S/C14H18N2O2/c1-10(15-2)14-16-9-12(18-14)13(17-3)11-7-5-4-6-8-11/h4-10,13,15H,1-3H3.